The van der Waals surface area contributed by atoms with E-state index in [1.165, 1.54) is 6.07 Å². The van der Waals surface area contributed by atoms with Crippen LogP contribution in [0.4, 0.5) is 5.69 Å². The maximum atomic E-state index is 12.5. The molecular weight excluding hydrogens is 276 g/mol. The standard InChI is InChI=1S/C13H22N4O2S/c1-10-6-5-7-11(2)17(10)16-20(18,19)13-9-4-3-8-12(13)15-14/h3-4,8-11,15-16H,5-7,14H2,1-2H3. The van der Waals surface area contributed by atoms with Gasteiger partial charge in [-0.3, -0.25) is 5.84 Å². The van der Waals surface area contributed by atoms with Crippen LogP contribution in [0.5, 0.6) is 0 Å². The van der Waals surface area contributed by atoms with E-state index in [2.05, 4.69) is 10.3 Å². The Morgan fingerprint density at radius 2 is 1.80 bits per heavy atom. The van der Waals surface area contributed by atoms with Gasteiger partial charge >= 0.3 is 0 Å². The predicted octanol–water partition coefficient (Wildman–Crippen LogP) is 1.43. The van der Waals surface area contributed by atoms with Gasteiger partial charge in [0.2, 0.25) is 0 Å². The van der Waals surface area contributed by atoms with Crippen LogP contribution in [0.3, 0.4) is 0 Å². The summed E-state index contributed by atoms with van der Waals surface area (Å²) in [6.45, 7) is 4.07. The smallest absolute Gasteiger partial charge is 0.255 e. The Labute approximate surface area is 120 Å². The third-order valence-corrected chi connectivity index (χ3v) is 5.14. The fourth-order valence-corrected chi connectivity index (χ4v) is 4.02. The molecule has 2 unspecified atom stereocenters. The maximum absolute atomic E-state index is 12.5. The van der Waals surface area contributed by atoms with Gasteiger partial charge in [0.1, 0.15) is 4.90 Å². The van der Waals surface area contributed by atoms with Crippen LogP contribution in [0.15, 0.2) is 29.2 Å². The molecule has 1 fully saturated rings. The number of nitrogen functional groups attached to an aromatic ring is 1. The molecule has 0 bridgehead atoms. The third kappa shape index (κ3) is 3.12. The minimum Gasteiger partial charge on any atom is -0.323 e. The van der Waals surface area contributed by atoms with E-state index in [4.69, 9.17) is 5.84 Å². The average molecular weight is 298 g/mol. The van der Waals surface area contributed by atoms with Gasteiger partial charge in [-0.15, -0.1) is 4.83 Å². The van der Waals surface area contributed by atoms with E-state index in [0.29, 0.717) is 5.69 Å². The highest BCUT2D eigenvalue weighted by Gasteiger charge is 2.29. The number of sulfonamides is 1. The van der Waals surface area contributed by atoms with E-state index in [1.54, 1.807) is 18.2 Å². The molecule has 7 heteroatoms. The highest BCUT2D eigenvalue weighted by Crippen LogP contribution is 2.24. The molecule has 0 amide bonds. The summed E-state index contributed by atoms with van der Waals surface area (Å²) in [4.78, 5) is 2.86. The first kappa shape index (κ1) is 15.2. The first-order chi connectivity index (χ1) is 9.45. The minimum absolute atomic E-state index is 0.160. The Morgan fingerprint density at radius 3 is 2.40 bits per heavy atom. The molecule has 1 saturated heterocycles. The van der Waals surface area contributed by atoms with Gasteiger partial charge in [0.15, 0.2) is 0 Å². The molecule has 1 heterocycles. The van der Waals surface area contributed by atoms with E-state index < -0.39 is 10.0 Å². The van der Waals surface area contributed by atoms with Crippen LogP contribution in [0, 0.1) is 0 Å². The van der Waals surface area contributed by atoms with Crippen LogP contribution in [-0.2, 0) is 10.0 Å². The monoisotopic (exact) mass is 298 g/mol. The van der Waals surface area contributed by atoms with Crippen molar-refractivity contribution in [3.05, 3.63) is 24.3 Å². The fourth-order valence-electron chi connectivity index (χ4n) is 2.61. The van der Waals surface area contributed by atoms with E-state index in [9.17, 15) is 8.42 Å². The molecule has 0 radical (unpaired) electrons. The number of piperidine rings is 1. The summed E-state index contributed by atoms with van der Waals surface area (Å²) in [6, 6.07) is 6.96. The van der Waals surface area contributed by atoms with Crippen molar-refractivity contribution >= 4 is 15.7 Å². The number of hydrazine groups is 2. The number of anilines is 1. The highest BCUT2D eigenvalue weighted by molar-refractivity contribution is 7.89. The summed E-state index contributed by atoms with van der Waals surface area (Å²) in [7, 11) is -3.64. The summed E-state index contributed by atoms with van der Waals surface area (Å²) in [6.07, 6.45) is 3.11. The Morgan fingerprint density at radius 1 is 1.20 bits per heavy atom. The SMILES string of the molecule is CC1CCCC(C)N1NS(=O)(=O)c1ccccc1NN. The second kappa shape index (κ2) is 6.09. The molecule has 4 N–H and O–H groups in total. The quantitative estimate of drug-likeness (QED) is 0.578. The van der Waals surface area contributed by atoms with E-state index in [-0.39, 0.29) is 17.0 Å². The van der Waals surface area contributed by atoms with Crippen molar-refractivity contribution in [2.24, 2.45) is 5.84 Å². The molecule has 1 aromatic carbocycles. The fraction of sp³-hybridized carbons (Fsp3) is 0.538. The number of hydrogen-bond donors (Lipinski definition) is 3. The first-order valence-electron chi connectivity index (χ1n) is 6.82. The molecule has 2 atom stereocenters. The highest BCUT2D eigenvalue weighted by atomic mass is 32.2. The molecule has 1 aliphatic rings. The van der Waals surface area contributed by atoms with Crippen molar-refractivity contribution in [2.45, 2.75) is 50.1 Å². The van der Waals surface area contributed by atoms with E-state index in [1.807, 2.05) is 18.9 Å². The Kier molecular flexibility index (Phi) is 4.64. The normalized spacial score (nSPS) is 24.6. The second-order valence-electron chi connectivity index (χ2n) is 5.27. The average Bonchev–Trinajstić information content (AvgIpc) is 2.43. The molecule has 20 heavy (non-hydrogen) atoms. The van der Waals surface area contributed by atoms with Crippen molar-refractivity contribution in [1.29, 1.82) is 0 Å². The molecule has 0 spiro atoms. The number of nitrogens with one attached hydrogen (secondary N) is 2. The minimum atomic E-state index is -3.64. The number of benzene rings is 1. The topological polar surface area (TPSA) is 87.5 Å². The van der Waals surface area contributed by atoms with E-state index in [0.717, 1.165) is 19.3 Å². The van der Waals surface area contributed by atoms with Gasteiger partial charge < -0.3 is 5.43 Å². The van der Waals surface area contributed by atoms with Gasteiger partial charge in [-0.05, 0) is 38.8 Å². The molecule has 0 aromatic heterocycles. The Hall–Kier alpha value is -1.15. The maximum Gasteiger partial charge on any atom is 0.255 e. The summed E-state index contributed by atoms with van der Waals surface area (Å²) in [5, 5.41) is 1.83. The lowest BCUT2D eigenvalue weighted by molar-refractivity contribution is 0.0790. The molecule has 112 valence electrons. The second-order valence-corrected chi connectivity index (χ2v) is 6.90. The van der Waals surface area contributed by atoms with Crippen molar-refractivity contribution < 1.29 is 8.42 Å². The molecular formula is C13H22N4O2S. The van der Waals surface area contributed by atoms with Crippen molar-refractivity contribution in [2.75, 3.05) is 5.43 Å². The number of nitrogens with zero attached hydrogens (tertiary/aromatic N) is 1. The van der Waals surface area contributed by atoms with Crippen LogP contribution in [0.2, 0.25) is 0 Å². The van der Waals surface area contributed by atoms with Gasteiger partial charge in [0.25, 0.3) is 10.0 Å². The number of rotatable bonds is 4. The summed E-state index contributed by atoms with van der Waals surface area (Å²) < 4.78 is 25.0. The molecule has 1 aromatic rings. The Bertz CT molecular complexity index is 551. The van der Waals surface area contributed by atoms with Crippen LogP contribution in [0.25, 0.3) is 0 Å². The zero-order valence-electron chi connectivity index (χ0n) is 11.8. The van der Waals surface area contributed by atoms with Crippen molar-refractivity contribution in [3.63, 3.8) is 0 Å². The zero-order valence-corrected chi connectivity index (χ0v) is 12.7. The lowest BCUT2D eigenvalue weighted by Gasteiger charge is -2.38. The van der Waals surface area contributed by atoms with Gasteiger partial charge in [-0.2, -0.15) is 0 Å². The molecule has 2 rings (SSSR count). The van der Waals surface area contributed by atoms with Crippen LogP contribution in [0.1, 0.15) is 33.1 Å². The number of para-hydroxylation sites is 1. The largest absolute Gasteiger partial charge is 0.323 e. The summed E-state index contributed by atoms with van der Waals surface area (Å²) >= 11 is 0. The predicted molar refractivity (Wildman–Crippen MR) is 79.2 cm³/mol. The van der Waals surface area contributed by atoms with Crippen molar-refractivity contribution in [3.8, 4) is 0 Å². The number of hydrogen-bond acceptors (Lipinski definition) is 5. The lowest BCUT2D eigenvalue weighted by atomic mass is 10.0. The zero-order chi connectivity index (χ0) is 14.8. The van der Waals surface area contributed by atoms with Gasteiger partial charge in [-0.1, -0.05) is 18.6 Å². The van der Waals surface area contributed by atoms with Gasteiger partial charge in [0, 0.05) is 12.1 Å². The van der Waals surface area contributed by atoms with Crippen LogP contribution >= 0.6 is 0 Å². The summed E-state index contributed by atoms with van der Waals surface area (Å²) in [5.74, 6) is 5.38. The van der Waals surface area contributed by atoms with Crippen LogP contribution in [-0.4, -0.2) is 25.5 Å². The third-order valence-electron chi connectivity index (χ3n) is 3.75. The number of nitrogens with two attached hydrogens (primary N) is 1. The van der Waals surface area contributed by atoms with Crippen LogP contribution < -0.4 is 16.1 Å². The molecule has 0 saturated carbocycles. The summed E-state index contributed by atoms with van der Waals surface area (Å²) in [5.41, 5.74) is 2.81. The van der Waals surface area contributed by atoms with Crippen molar-refractivity contribution in [1.82, 2.24) is 9.84 Å². The van der Waals surface area contributed by atoms with E-state index >= 15 is 0 Å². The Balaban J connectivity index is 2.26. The van der Waals surface area contributed by atoms with Gasteiger partial charge in [-0.25, -0.2) is 13.4 Å². The molecule has 1 aliphatic heterocycles. The lowest BCUT2D eigenvalue weighted by Crippen LogP contribution is -2.54. The first-order valence-corrected chi connectivity index (χ1v) is 8.30. The molecule has 0 aliphatic carbocycles. The molecule has 6 nitrogen and oxygen atoms in total. The van der Waals surface area contributed by atoms with Gasteiger partial charge in [0.05, 0.1) is 5.69 Å².